The van der Waals surface area contributed by atoms with Crippen LogP contribution in [0.2, 0.25) is 5.02 Å². The molecule has 0 bridgehead atoms. The fraction of sp³-hybridized carbons (Fsp3) is 0.333. The zero-order valence-electron chi connectivity index (χ0n) is 11.7. The number of oxazole rings is 1. The molecular weight excluding hydrogens is 327 g/mol. The minimum absolute atomic E-state index is 0. The third kappa shape index (κ3) is 3.80. The van der Waals surface area contributed by atoms with Crippen LogP contribution in [0.3, 0.4) is 0 Å². The first-order chi connectivity index (χ1) is 10.1. The van der Waals surface area contributed by atoms with Crippen molar-refractivity contribution >= 4 is 30.0 Å². The zero-order chi connectivity index (χ0) is 14.8. The second-order valence-corrected chi connectivity index (χ2v) is 5.65. The van der Waals surface area contributed by atoms with Crippen molar-refractivity contribution < 1.29 is 14.3 Å². The van der Waals surface area contributed by atoms with Crippen molar-refractivity contribution in [3.8, 4) is 11.5 Å². The third-order valence-corrected chi connectivity index (χ3v) is 3.90. The van der Waals surface area contributed by atoms with Gasteiger partial charge in [-0.3, -0.25) is 9.69 Å². The summed E-state index contributed by atoms with van der Waals surface area (Å²) in [6.07, 6.45) is 2.31. The molecule has 1 unspecified atom stereocenters. The first-order valence-corrected chi connectivity index (χ1v) is 7.15. The number of carbonyl (C=O) groups is 1. The lowest BCUT2D eigenvalue weighted by atomic mass is 10.1. The highest BCUT2D eigenvalue weighted by Crippen LogP contribution is 2.23. The third-order valence-electron chi connectivity index (χ3n) is 3.65. The van der Waals surface area contributed by atoms with E-state index in [9.17, 15) is 4.79 Å². The molecule has 3 rings (SSSR count). The van der Waals surface area contributed by atoms with E-state index < -0.39 is 5.97 Å². The standard InChI is InChI=1S/C15H15ClN2O3.ClH/c16-12-3-1-10(2-4-12)14-17-13(9-21-14)8-18-6-5-11(7-18)15(19)20;/h1-4,9,11H,5-8H2,(H,19,20);1H. The van der Waals surface area contributed by atoms with E-state index in [1.165, 1.54) is 0 Å². The molecule has 1 aromatic carbocycles. The molecule has 118 valence electrons. The SMILES string of the molecule is Cl.O=C(O)C1CCN(Cc2coc(-c3ccc(Cl)cc3)n2)C1. The summed E-state index contributed by atoms with van der Waals surface area (Å²) < 4.78 is 5.48. The number of aliphatic carboxylic acids is 1. The Bertz CT molecular complexity index is 642. The molecule has 2 heterocycles. The summed E-state index contributed by atoms with van der Waals surface area (Å²) in [5.74, 6) is -0.442. The maximum absolute atomic E-state index is 10.9. The lowest BCUT2D eigenvalue weighted by Crippen LogP contribution is -2.22. The van der Waals surface area contributed by atoms with Crippen LogP contribution in [-0.4, -0.2) is 34.0 Å². The molecule has 2 aromatic rings. The van der Waals surface area contributed by atoms with E-state index >= 15 is 0 Å². The predicted molar refractivity (Wildman–Crippen MR) is 85.2 cm³/mol. The Kier molecular flexibility index (Phi) is 5.45. The number of benzene rings is 1. The molecule has 1 aliphatic rings. The van der Waals surface area contributed by atoms with Crippen LogP contribution in [0.25, 0.3) is 11.5 Å². The summed E-state index contributed by atoms with van der Waals surface area (Å²) in [6, 6.07) is 7.29. The summed E-state index contributed by atoms with van der Waals surface area (Å²) in [6.45, 7) is 1.96. The lowest BCUT2D eigenvalue weighted by molar-refractivity contribution is -0.141. The Balaban J connectivity index is 0.00000176. The minimum Gasteiger partial charge on any atom is -0.481 e. The number of carboxylic acids is 1. The van der Waals surface area contributed by atoms with Gasteiger partial charge in [0.05, 0.1) is 11.6 Å². The molecule has 1 saturated heterocycles. The van der Waals surface area contributed by atoms with Crippen LogP contribution >= 0.6 is 24.0 Å². The van der Waals surface area contributed by atoms with Gasteiger partial charge in [0.1, 0.15) is 6.26 Å². The predicted octanol–water partition coefficient (Wildman–Crippen LogP) is 3.32. The number of rotatable bonds is 4. The zero-order valence-corrected chi connectivity index (χ0v) is 13.3. The van der Waals surface area contributed by atoms with Crippen molar-refractivity contribution in [1.29, 1.82) is 0 Å². The van der Waals surface area contributed by atoms with E-state index in [1.54, 1.807) is 18.4 Å². The largest absolute Gasteiger partial charge is 0.481 e. The average Bonchev–Trinajstić information content (AvgIpc) is 3.10. The van der Waals surface area contributed by atoms with Crippen molar-refractivity contribution in [1.82, 2.24) is 9.88 Å². The highest BCUT2D eigenvalue weighted by atomic mass is 35.5. The summed E-state index contributed by atoms with van der Waals surface area (Å²) >= 11 is 5.85. The summed E-state index contributed by atoms with van der Waals surface area (Å²) in [7, 11) is 0. The molecule has 7 heteroatoms. The molecule has 5 nitrogen and oxygen atoms in total. The second kappa shape index (κ2) is 7.13. The van der Waals surface area contributed by atoms with Crippen molar-refractivity contribution in [3.05, 3.63) is 41.2 Å². The van der Waals surface area contributed by atoms with Gasteiger partial charge >= 0.3 is 5.97 Å². The number of hydrogen-bond donors (Lipinski definition) is 1. The first-order valence-electron chi connectivity index (χ1n) is 6.77. The van der Waals surface area contributed by atoms with Crippen molar-refractivity contribution in [2.45, 2.75) is 13.0 Å². The number of nitrogens with zero attached hydrogens (tertiary/aromatic N) is 2. The second-order valence-electron chi connectivity index (χ2n) is 5.21. The molecule has 0 radical (unpaired) electrons. The number of carboxylic acid groups (broad SMARTS) is 1. The minimum atomic E-state index is -0.723. The van der Waals surface area contributed by atoms with Crippen LogP contribution < -0.4 is 0 Å². The fourth-order valence-corrected chi connectivity index (χ4v) is 2.64. The quantitative estimate of drug-likeness (QED) is 0.922. The first kappa shape index (κ1) is 16.8. The van der Waals surface area contributed by atoms with Gasteiger partial charge in [0.2, 0.25) is 5.89 Å². The lowest BCUT2D eigenvalue weighted by Gasteiger charge is -2.12. The van der Waals surface area contributed by atoms with Gasteiger partial charge in [-0.1, -0.05) is 11.6 Å². The monoisotopic (exact) mass is 342 g/mol. The van der Waals surface area contributed by atoms with Crippen LogP contribution in [-0.2, 0) is 11.3 Å². The molecule has 0 aliphatic carbocycles. The van der Waals surface area contributed by atoms with Gasteiger partial charge in [0.15, 0.2) is 0 Å². The molecule has 0 spiro atoms. The van der Waals surface area contributed by atoms with Gasteiger partial charge in [-0.05, 0) is 37.2 Å². The summed E-state index contributed by atoms with van der Waals surface area (Å²) in [4.78, 5) is 17.5. The van der Waals surface area contributed by atoms with E-state index in [1.807, 2.05) is 12.1 Å². The molecule has 22 heavy (non-hydrogen) atoms. The van der Waals surface area contributed by atoms with Gasteiger partial charge in [0, 0.05) is 23.7 Å². The molecule has 0 amide bonds. The van der Waals surface area contributed by atoms with Crippen LogP contribution in [0.15, 0.2) is 34.9 Å². The van der Waals surface area contributed by atoms with Crippen LogP contribution in [0.1, 0.15) is 12.1 Å². The van der Waals surface area contributed by atoms with Gasteiger partial charge in [0.25, 0.3) is 0 Å². The van der Waals surface area contributed by atoms with Crippen LogP contribution in [0.4, 0.5) is 0 Å². The maximum atomic E-state index is 10.9. The van der Waals surface area contributed by atoms with Gasteiger partial charge < -0.3 is 9.52 Å². The smallest absolute Gasteiger partial charge is 0.307 e. The van der Waals surface area contributed by atoms with E-state index in [0.717, 1.165) is 17.8 Å². The number of hydrogen-bond acceptors (Lipinski definition) is 4. The normalized spacial score (nSPS) is 18.1. The Morgan fingerprint density at radius 2 is 2.14 bits per heavy atom. The average molecular weight is 343 g/mol. The molecule has 1 fully saturated rings. The van der Waals surface area contributed by atoms with E-state index in [0.29, 0.717) is 30.4 Å². The highest BCUT2D eigenvalue weighted by molar-refractivity contribution is 6.30. The Labute approximate surface area is 139 Å². The Hall–Kier alpha value is -1.56. The summed E-state index contributed by atoms with van der Waals surface area (Å²) in [5, 5.41) is 9.67. The van der Waals surface area contributed by atoms with Gasteiger partial charge in [-0.2, -0.15) is 0 Å². The number of halogens is 2. The Morgan fingerprint density at radius 1 is 1.41 bits per heavy atom. The fourth-order valence-electron chi connectivity index (χ4n) is 2.51. The van der Waals surface area contributed by atoms with Crippen LogP contribution in [0.5, 0.6) is 0 Å². The van der Waals surface area contributed by atoms with Crippen molar-refractivity contribution in [2.75, 3.05) is 13.1 Å². The number of likely N-dealkylation sites (tertiary alicyclic amines) is 1. The molecular formula is C15H16Cl2N2O3. The summed E-state index contributed by atoms with van der Waals surface area (Å²) in [5.41, 5.74) is 1.68. The number of aromatic nitrogens is 1. The van der Waals surface area contributed by atoms with E-state index in [-0.39, 0.29) is 18.3 Å². The molecule has 0 saturated carbocycles. The molecule has 1 aromatic heterocycles. The van der Waals surface area contributed by atoms with Gasteiger partial charge in [-0.15, -0.1) is 12.4 Å². The topological polar surface area (TPSA) is 66.6 Å². The van der Waals surface area contributed by atoms with Crippen molar-refractivity contribution in [3.63, 3.8) is 0 Å². The highest BCUT2D eigenvalue weighted by Gasteiger charge is 2.28. The van der Waals surface area contributed by atoms with Gasteiger partial charge in [-0.25, -0.2) is 4.98 Å². The van der Waals surface area contributed by atoms with Crippen molar-refractivity contribution in [2.24, 2.45) is 5.92 Å². The Morgan fingerprint density at radius 3 is 2.77 bits per heavy atom. The molecule has 1 atom stereocenters. The van der Waals surface area contributed by atoms with Crippen LogP contribution in [0, 0.1) is 5.92 Å². The van der Waals surface area contributed by atoms with E-state index in [2.05, 4.69) is 9.88 Å². The molecule has 1 aliphatic heterocycles. The maximum Gasteiger partial charge on any atom is 0.307 e. The molecule has 1 N–H and O–H groups in total. The van der Waals surface area contributed by atoms with E-state index in [4.69, 9.17) is 21.1 Å².